The molecule has 0 atom stereocenters. The number of hydrogen-bond donors (Lipinski definition) is 2. The lowest BCUT2D eigenvalue weighted by Crippen LogP contribution is -2.45. The molecule has 1 saturated heterocycles. The van der Waals surface area contributed by atoms with Crippen LogP contribution < -0.4 is 20.1 Å². The molecule has 2 amide bonds. The van der Waals surface area contributed by atoms with Crippen LogP contribution in [0, 0.1) is 0 Å². The molecule has 172 valence electrons. The Hall–Kier alpha value is -3.65. The fourth-order valence-corrected chi connectivity index (χ4v) is 3.86. The predicted molar refractivity (Wildman–Crippen MR) is 131 cm³/mol. The van der Waals surface area contributed by atoms with Crippen LogP contribution in [0.1, 0.15) is 24.2 Å². The number of carbonyl (C=O) groups excluding carboxylic acids is 1. The summed E-state index contributed by atoms with van der Waals surface area (Å²) in [6, 6.07) is 13.3. The minimum absolute atomic E-state index is 0.140. The molecule has 3 aromatic rings. The number of nitrogens with zero attached hydrogens (tertiary/aromatic N) is 3. The monoisotopic (exact) mass is 447 g/mol. The first kappa shape index (κ1) is 22.5. The third-order valence-electron chi connectivity index (χ3n) is 5.73. The second kappa shape index (κ2) is 10.3. The van der Waals surface area contributed by atoms with E-state index in [2.05, 4.69) is 32.5 Å². The number of methoxy groups -OCH3 is 2. The zero-order valence-electron chi connectivity index (χ0n) is 19.2. The maximum Gasteiger partial charge on any atom is 0.320 e. The van der Waals surface area contributed by atoms with Crippen molar-refractivity contribution in [2.45, 2.75) is 18.9 Å². The van der Waals surface area contributed by atoms with Crippen LogP contribution in [0.4, 0.5) is 10.6 Å². The summed E-state index contributed by atoms with van der Waals surface area (Å²) >= 11 is 0. The summed E-state index contributed by atoms with van der Waals surface area (Å²) < 4.78 is 10.9. The Morgan fingerprint density at radius 1 is 1.03 bits per heavy atom. The molecule has 33 heavy (non-hydrogen) atoms. The van der Waals surface area contributed by atoms with Gasteiger partial charge in [0.2, 0.25) is 0 Å². The molecule has 0 spiro atoms. The van der Waals surface area contributed by atoms with Crippen molar-refractivity contribution in [3.63, 3.8) is 0 Å². The Balaban J connectivity index is 1.65. The van der Waals surface area contributed by atoms with Gasteiger partial charge in [0, 0.05) is 17.5 Å². The summed E-state index contributed by atoms with van der Waals surface area (Å²) in [4.78, 5) is 24.3. The van der Waals surface area contributed by atoms with Gasteiger partial charge in [0.15, 0.2) is 17.3 Å². The normalized spacial score (nSPS) is 15.0. The van der Waals surface area contributed by atoms with Crippen molar-refractivity contribution in [2.24, 2.45) is 0 Å². The Morgan fingerprint density at radius 2 is 1.73 bits per heavy atom. The number of amides is 2. The maximum atomic E-state index is 12.8. The second-order valence-corrected chi connectivity index (χ2v) is 8.07. The van der Waals surface area contributed by atoms with E-state index in [1.807, 2.05) is 42.5 Å². The van der Waals surface area contributed by atoms with Crippen molar-refractivity contribution in [3.05, 3.63) is 53.9 Å². The first-order valence-corrected chi connectivity index (χ1v) is 11.0. The molecule has 1 aliphatic rings. The Morgan fingerprint density at radius 3 is 2.42 bits per heavy atom. The van der Waals surface area contributed by atoms with E-state index in [4.69, 9.17) is 9.47 Å². The minimum Gasteiger partial charge on any atom is -0.493 e. The van der Waals surface area contributed by atoms with Crippen molar-refractivity contribution < 1.29 is 14.3 Å². The van der Waals surface area contributed by atoms with E-state index in [-0.39, 0.29) is 12.1 Å². The van der Waals surface area contributed by atoms with Gasteiger partial charge in [-0.3, -0.25) is 5.32 Å². The summed E-state index contributed by atoms with van der Waals surface area (Å²) in [6.07, 6.45) is 5.60. The summed E-state index contributed by atoms with van der Waals surface area (Å²) in [5, 5.41) is 6.67. The lowest BCUT2D eigenvalue weighted by atomic mass is 10.1. The van der Waals surface area contributed by atoms with Gasteiger partial charge in [0.1, 0.15) is 5.82 Å². The highest BCUT2D eigenvalue weighted by Crippen LogP contribution is 2.34. The first-order chi connectivity index (χ1) is 16.1. The van der Waals surface area contributed by atoms with Crippen LogP contribution in [0.5, 0.6) is 11.5 Å². The van der Waals surface area contributed by atoms with E-state index in [0.29, 0.717) is 34.0 Å². The van der Waals surface area contributed by atoms with Crippen LogP contribution in [-0.2, 0) is 0 Å². The van der Waals surface area contributed by atoms with Gasteiger partial charge in [0.05, 0.1) is 19.7 Å². The fourth-order valence-electron chi connectivity index (χ4n) is 3.86. The second-order valence-electron chi connectivity index (χ2n) is 8.07. The van der Waals surface area contributed by atoms with E-state index >= 15 is 0 Å². The topological polar surface area (TPSA) is 88.6 Å². The number of anilines is 1. The van der Waals surface area contributed by atoms with Gasteiger partial charge in [-0.2, -0.15) is 0 Å². The first-order valence-electron chi connectivity index (χ1n) is 11.0. The lowest BCUT2D eigenvalue weighted by molar-refractivity contribution is 0.221. The van der Waals surface area contributed by atoms with Gasteiger partial charge in [-0.05, 0) is 50.7 Å². The van der Waals surface area contributed by atoms with Crippen LogP contribution in [0.25, 0.3) is 23.1 Å². The molecule has 0 radical (unpaired) electrons. The number of ether oxygens (including phenoxy) is 2. The molecule has 4 rings (SSSR count). The lowest BCUT2D eigenvalue weighted by Gasteiger charge is -2.29. The molecule has 8 heteroatoms. The number of nitrogens with one attached hydrogen (secondary N) is 2. The number of rotatable bonds is 6. The van der Waals surface area contributed by atoms with Crippen molar-refractivity contribution >= 4 is 34.9 Å². The molecule has 0 aliphatic carbocycles. The summed E-state index contributed by atoms with van der Waals surface area (Å²) in [6.45, 7) is 1.93. The van der Waals surface area contributed by atoms with Crippen LogP contribution in [0.2, 0.25) is 0 Å². The van der Waals surface area contributed by atoms with E-state index in [1.54, 1.807) is 26.4 Å². The van der Waals surface area contributed by atoms with Crippen molar-refractivity contribution in [3.8, 4) is 11.5 Å². The van der Waals surface area contributed by atoms with Crippen molar-refractivity contribution in [2.75, 3.05) is 39.7 Å². The molecule has 2 aromatic carbocycles. The predicted octanol–water partition coefficient (Wildman–Crippen LogP) is 4.03. The largest absolute Gasteiger partial charge is 0.493 e. The molecule has 8 nitrogen and oxygen atoms in total. The molecule has 1 aliphatic heterocycles. The quantitative estimate of drug-likeness (QED) is 0.593. The highest BCUT2D eigenvalue weighted by atomic mass is 16.5. The van der Waals surface area contributed by atoms with Crippen molar-refractivity contribution in [1.29, 1.82) is 0 Å². The standard InChI is InChI=1S/C25H29N5O3/c1-30-13-11-18(12-14-30)26-25(31)29-24-19-15-21(32-2)22(33-3)16-20(19)27-23(28-24)10-9-17-7-5-4-6-8-17/h4-10,15-16,18H,11-14H2,1-3H3,(H2,26,27,28,29,31)/b10-9+. The fraction of sp³-hybridized carbons (Fsp3) is 0.320. The number of hydrogen-bond acceptors (Lipinski definition) is 6. The highest BCUT2D eigenvalue weighted by molar-refractivity contribution is 6.00. The Kier molecular flexibility index (Phi) is 7.04. The number of fused-ring (bicyclic) bond motifs is 1. The van der Waals surface area contributed by atoms with Gasteiger partial charge in [-0.1, -0.05) is 36.4 Å². The van der Waals surface area contributed by atoms with E-state index in [1.165, 1.54) is 0 Å². The molecule has 0 bridgehead atoms. The number of aromatic nitrogens is 2. The SMILES string of the molecule is COc1cc2nc(/C=C/c3ccccc3)nc(NC(=O)NC3CCN(C)CC3)c2cc1OC. The summed E-state index contributed by atoms with van der Waals surface area (Å²) in [5.41, 5.74) is 1.67. The van der Waals surface area contributed by atoms with Crippen LogP contribution in [0.3, 0.4) is 0 Å². The number of likely N-dealkylation sites (tertiary alicyclic amines) is 1. The summed E-state index contributed by atoms with van der Waals surface area (Å²) in [5.74, 6) is 2.00. The van der Waals surface area contributed by atoms with Gasteiger partial charge >= 0.3 is 6.03 Å². The number of piperidine rings is 1. The van der Waals surface area contributed by atoms with E-state index in [0.717, 1.165) is 31.5 Å². The van der Waals surface area contributed by atoms with Crippen LogP contribution >= 0.6 is 0 Å². The average molecular weight is 448 g/mol. The van der Waals surface area contributed by atoms with Crippen LogP contribution in [-0.4, -0.2) is 61.3 Å². The van der Waals surface area contributed by atoms with Crippen molar-refractivity contribution in [1.82, 2.24) is 20.2 Å². The number of urea groups is 1. The third-order valence-corrected chi connectivity index (χ3v) is 5.73. The van der Waals surface area contributed by atoms with Crippen LogP contribution in [0.15, 0.2) is 42.5 Å². The maximum absolute atomic E-state index is 12.8. The number of benzene rings is 2. The average Bonchev–Trinajstić information content (AvgIpc) is 2.84. The molecule has 0 saturated carbocycles. The molecule has 0 unspecified atom stereocenters. The van der Waals surface area contributed by atoms with Gasteiger partial charge in [-0.25, -0.2) is 14.8 Å². The third kappa shape index (κ3) is 5.59. The summed E-state index contributed by atoms with van der Waals surface area (Å²) in [7, 11) is 5.24. The molecule has 2 N–H and O–H groups in total. The van der Waals surface area contributed by atoms with Gasteiger partial charge in [-0.15, -0.1) is 0 Å². The minimum atomic E-state index is -0.280. The number of carbonyl (C=O) groups is 1. The van der Waals surface area contributed by atoms with E-state index in [9.17, 15) is 4.79 Å². The molecule has 1 fully saturated rings. The van der Waals surface area contributed by atoms with Gasteiger partial charge in [0.25, 0.3) is 0 Å². The smallest absolute Gasteiger partial charge is 0.320 e. The highest BCUT2D eigenvalue weighted by Gasteiger charge is 2.20. The molecule has 2 heterocycles. The zero-order valence-corrected chi connectivity index (χ0v) is 19.2. The van der Waals surface area contributed by atoms with E-state index < -0.39 is 0 Å². The molecular formula is C25H29N5O3. The zero-order chi connectivity index (χ0) is 23.2. The Labute approximate surface area is 193 Å². The Bertz CT molecular complexity index is 1140. The van der Waals surface area contributed by atoms with Gasteiger partial charge < -0.3 is 19.7 Å². The molecule has 1 aromatic heterocycles. The molecular weight excluding hydrogens is 418 g/mol.